The zero-order valence-corrected chi connectivity index (χ0v) is 12.2. The van der Waals surface area contributed by atoms with Crippen LogP contribution in [0.3, 0.4) is 0 Å². The van der Waals surface area contributed by atoms with E-state index in [1.807, 2.05) is 0 Å². The van der Waals surface area contributed by atoms with Gasteiger partial charge in [-0.05, 0) is 25.1 Å². The fourth-order valence-corrected chi connectivity index (χ4v) is 1.57. The van der Waals surface area contributed by atoms with Gasteiger partial charge in [-0.1, -0.05) is 6.07 Å². The molecule has 0 aliphatic heterocycles. The number of alkyl halides is 3. The topological polar surface area (TPSA) is 84.9 Å². The molecule has 0 aliphatic rings. The van der Waals surface area contributed by atoms with Gasteiger partial charge in [0.15, 0.2) is 6.61 Å². The minimum Gasteiger partial charge on any atom is -0.482 e. The summed E-state index contributed by atoms with van der Waals surface area (Å²) in [6.07, 6.45) is -4.42. The Hall–Kier alpha value is -2.29. The molecule has 1 rings (SSSR count). The molecule has 9 heteroatoms. The number of hydrogen-bond acceptors (Lipinski definition) is 4. The highest BCUT2D eigenvalue weighted by atomic mass is 19.4. The Morgan fingerprint density at radius 2 is 2.04 bits per heavy atom. The van der Waals surface area contributed by atoms with E-state index in [2.05, 4.69) is 10.1 Å². The Labute approximate surface area is 130 Å². The van der Waals surface area contributed by atoms with E-state index in [1.54, 1.807) is 0 Å². The van der Waals surface area contributed by atoms with Crippen LogP contribution >= 0.6 is 0 Å². The molecule has 1 amide bonds. The smallest absolute Gasteiger partial charge is 0.411 e. The number of benzene rings is 1. The molecule has 0 saturated carbocycles. The third-order valence-electron chi connectivity index (χ3n) is 2.47. The second-order valence-corrected chi connectivity index (χ2v) is 4.72. The van der Waals surface area contributed by atoms with Gasteiger partial charge in [-0.3, -0.25) is 4.79 Å². The fraction of sp³-hybridized carbons (Fsp3) is 0.429. The summed E-state index contributed by atoms with van der Waals surface area (Å²) >= 11 is 0. The summed E-state index contributed by atoms with van der Waals surface area (Å²) in [6.45, 7) is -0.724. The van der Waals surface area contributed by atoms with Gasteiger partial charge in [-0.25, -0.2) is 4.79 Å². The third kappa shape index (κ3) is 8.05. The van der Waals surface area contributed by atoms with Crippen molar-refractivity contribution in [2.75, 3.05) is 19.8 Å². The number of carboxylic acids is 1. The van der Waals surface area contributed by atoms with Gasteiger partial charge in [0.05, 0.1) is 6.61 Å². The Kier molecular flexibility index (Phi) is 6.83. The fourth-order valence-electron chi connectivity index (χ4n) is 1.57. The first kappa shape index (κ1) is 18.8. The summed E-state index contributed by atoms with van der Waals surface area (Å²) in [5.41, 5.74) is 0.190. The van der Waals surface area contributed by atoms with Crippen LogP contribution in [0.4, 0.5) is 13.2 Å². The second-order valence-electron chi connectivity index (χ2n) is 4.72. The number of carbonyl (C=O) groups is 2. The van der Waals surface area contributed by atoms with E-state index < -0.39 is 37.3 Å². The van der Waals surface area contributed by atoms with E-state index in [1.165, 1.54) is 31.2 Å². The van der Waals surface area contributed by atoms with Crippen LogP contribution in [0, 0.1) is 0 Å². The van der Waals surface area contributed by atoms with Gasteiger partial charge in [-0.15, -0.1) is 0 Å². The van der Waals surface area contributed by atoms with Crippen LogP contribution in [0.5, 0.6) is 5.75 Å². The second kappa shape index (κ2) is 8.37. The van der Waals surface area contributed by atoms with Gasteiger partial charge < -0.3 is 19.9 Å². The van der Waals surface area contributed by atoms with E-state index in [0.717, 1.165) is 0 Å². The maximum absolute atomic E-state index is 11.9. The normalized spacial score (nSPS) is 12.5. The summed E-state index contributed by atoms with van der Waals surface area (Å²) in [5, 5.41) is 11.0. The van der Waals surface area contributed by atoms with E-state index >= 15 is 0 Å². The lowest BCUT2D eigenvalue weighted by atomic mass is 10.2. The maximum atomic E-state index is 11.9. The molecule has 2 N–H and O–H groups in total. The van der Waals surface area contributed by atoms with Gasteiger partial charge in [0.25, 0.3) is 5.91 Å². The van der Waals surface area contributed by atoms with Crippen molar-refractivity contribution in [1.29, 1.82) is 0 Å². The summed E-state index contributed by atoms with van der Waals surface area (Å²) in [5.74, 6) is -1.50. The number of rotatable bonds is 8. The number of carboxylic acid groups (broad SMARTS) is 1. The quantitative estimate of drug-likeness (QED) is 0.757. The van der Waals surface area contributed by atoms with Crippen molar-refractivity contribution < 1.29 is 37.3 Å². The zero-order chi connectivity index (χ0) is 17.5. The molecule has 1 atom stereocenters. The highest BCUT2D eigenvalue weighted by Gasteiger charge is 2.27. The standard InChI is InChI=1S/C14H16F3NO5/c1-9(6-22-8-14(15,16)17)18-13(21)10-3-2-4-11(5-10)23-7-12(19)20/h2-5,9H,6-8H2,1H3,(H,18,21)(H,19,20). The number of carbonyl (C=O) groups excluding carboxylic acids is 1. The lowest BCUT2D eigenvalue weighted by Gasteiger charge is -2.15. The van der Waals surface area contributed by atoms with Crippen LogP contribution in [-0.2, 0) is 9.53 Å². The minimum absolute atomic E-state index is 0.190. The molecule has 0 aliphatic carbocycles. The molecule has 0 bridgehead atoms. The molecule has 1 aromatic carbocycles. The van der Waals surface area contributed by atoms with Gasteiger partial charge in [0, 0.05) is 11.6 Å². The van der Waals surface area contributed by atoms with Gasteiger partial charge in [-0.2, -0.15) is 13.2 Å². The van der Waals surface area contributed by atoms with E-state index in [4.69, 9.17) is 9.84 Å². The molecule has 6 nitrogen and oxygen atoms in total. The predicted molar refractivity (Wildman–Crippen MR) is 73.4 cm³/mol. The minimum atomic E-state index is -4.42. The summed E-state index contributed by atoms with van der Waals surface area (Å²) in [4.78, 5) is 22.4. The third-order valence-corrected chi connectivity index (χ3v) is 2.47. The predicted octanol–water partition coefficient (Wildman–Crippen LogP) is 1.85. The molecule has 1 unspecified atom stereocenters. The molecular weight excluding hydrogens is 319 g/mol. The van der Waals surface area contributed by atoms with Crippen molar-refractivity contribution in [2.45, 2.75) is 19.1 Å². The SMILES string of the molecule is CC(COCC(F)(F)F)NC(=O)c1cccc(OCC(=O)O)c1. The average molecular weight is 335 g/mol. The van der Waals surface area contributed by atoms with Crippen molar-refractivity contribution in [2.24, 2.45) is 0 Å². The van der Waals surface area contributed by atoms with Crippen LogP contribution in [-0.4, -0.2) is 49.0 Å². The maximum Gasteiger partial charge on any atom is 0.411 e. The number of hydrogen-bond donors (Lipinski definition) is 2. The van der Waals surface area contributed by atoms with Crippen LogP contribution in [0.25, 0.3) is 0 Å². The van der Waals surface area contributed by atoms with Crippen molar-refractivity contribution in [3.63, 3.8) is 0 Å². The molecule has 0 fully saturated rings. The number of nitrogens with one attached hydrogen (secondary N) is 1. The zero-order valence-electron chi connectivity index (χ0n) is 12.2. The molecule has 0 radical (unpaired) electrons. The first-order valence-electron chi connectivity index (χ1n) is 6.57. The average Bonchev–Trinajstić information content (AvgIpc) is 2.44. The lowest BCUT2D eigenvalue weighted by molar-refractivity contribution is -0.174. The summed E-state index contributed by atoms with van der Waals surface area (Å²) < 4.78 is 45.2. The highest BCUT2D eigenvalue weighted by molar-refractivity contribution is 5.94. The van der Waals surface area contributed by atoms with Crippen molar-refractivity contribution >= 4 is 11.9 Å². The molecule has 1 aromatic rings. The molecule has 0 saturated heterocycles. The number of aliphatic carboxylic acids is 1. The van der Waals surface area contributed by atoms with E-state index in [0.29, 0.717) is 0 Å². The summed E-state index contributed by atoms with van der Waals surface area (Å²) in [7, 11) is 0. The van der Waals surface area contributed by atoms with Crippen molar-refractivity contribution in [1.82, 2.24) is 5.32 Å². The van der Waals surface area contributed by atoms with Crippen molar-refractivity contribution in [3.05, 3.63) is 29.8 Å². The molecule has 0 heterocycles. The Balaban J connectivity index is 2.50. The Morgan fingerprint density at radius 3 is 2.65 bits per heavy atom. The van der Waals surface area contributed by atoms with Gasteiger partial charge in [0.1, 0.15) is 12.4 Å². The molecule has 23 heavy (non-hydrogen) atoms. The first-order valence-corrected chi connectivity index (χ1v) is 6.57. The van der Waals surface area contributed by atoms with Crippen LogP contribution in [0.2, 0.25) is 0 Å². The van der Waals surface area contributed by atoms with Crippen LogP contribution in [0.15, 0.2) is 24.3 Å². The summed E-state index contributed by atoms with van der Waals surface area (Å²) in [6, 6.07) is 5.15. The Morgan fingerprint density at radius 1 is 1.35 bits per heavy atom. The molecular formula is C14H16F3NO5. The largest absolute Gasteiger partial charge is 0.482 e. The first-order chi connectivity index (χ1) is 10.7. The Bertz CT molecular complexity index is 547. The van der Waals surface area contributed by atoms with E-state index in [9.17, 15) is 22.8 Å². The van der Waals surface area contributed by atoms with Crippen molar-refractivity contribution in [3.8, 4) is 5.75 Å². The monoisotopic (exact) mass is 335 g/mol. The molecule has 0 spiro atoms. The van der Waals surface area contributed by atoms with E-state index in [-0.39, 0.29) is 17.9 Å². The molecule has 128 valence electrons. The van der Waals surface area contributed by atoms with Crippen LogP contribution < -0.4 is 10.1 Å². The van der Waals surface area contributed by atoms with Gasteiger partial charge in [0.2, 0.25) is 0 Å². The highest BCUT2D eigenvalue weighted by Crippen LogP contribution is 2.15. The number of amides is 1. The number of halogens is 3. The van der Waals surface area contributed by atoms with Gasteiger partial charge >= 0.3 is 12.1 Å². The lowest BCUT2D eigenvalue weighted by Crippen LogP contribution is -2.36. The number of ether oxygens (including phenoxy) is 2. The molecule has 0 aromatic heterocycles. The van der Waals surface area contributed by atoms with Crippen LogP contribution in [0.1, 0.15) is 17.3 Å².